The van der Waals surface area contributed by atoms with E-state index in [0.29, 0.717) is 23.1 Å². The van der Waals surface area contributed by atoms with Gasteiger partial charge in [-0.3, -0.25) is 4.79 Å². The summed E-state index contributed by atoms with van der Waals surface area (Å²) in [4.78, 5) is 14.0. The van der Waals surface area contributed by atoms with Crippen LogP contribution in [-0.4, -0.2) is 47.4 Å². The summed E-state index contributed by atoms with van der Waals surface area (Å²) >= 11 is 0. The molecule has 0 spiro atoms. The van der Waals surface area contributed by atoms with Gasteiger partial charge >= 0.3 is 0 Å². The number of aromatic nitrogens is 2. The number of ether oxygens (including phenoxy) is 1. The van der Waals surface area contributed by atoms with Gasteiger partial charge in [0.1, 0.15) is 11.0 Å². The molecule has 0 saturated carbocycles. The molecule has 1 atom stereocenters. The lowest BCUT2D eigenvalue weighted by Gasteiger charge is -2.20. The normalized spacial score (nSPS) is 18.9. The molecule has 3 rings (SSSR count). The van der Waals surface area contributed by atoms with Crippen molar-refractivity contribution < 1.29 is 14.2 Å². The van der Waals surface area contributed by atoms with Gasteiger partial charge in [-0.05, 0) is 41.4 Å². The Morgan fingerprint density at radius 2 is 2.26 bits per heavy atom. The zero-order valence-electron chi connectivity index (χ0n) is 10.7. The standard InChI is InChI=1S/C13H15N3O3/c1-16(8-10-3-2-6-18-10)13(17)9-4-5-11-12(7-9)15-19-14-11/h4-5,7,10H,2-3,6,8H2,1H3. The summed E-state index contributed by atoms with van der Waals surface area (Å²) in [6, 6.07) is 5.17. The van der Waals surface area contributed by atoms with Crippen molar-refractivity contribution in [2.45, 2.75) is 18.9 Å². The molecular formula is C13H15N3O3. The molecule has 100 valence electrons. The summed E-state index contributed by atoms with van der Waals surface area (Å²) in [5.74, 6) is -0.0413. The van der Waals surface area contributed by atoms with Crippen LogP contribution in [0.4, 0.5) is 0 Å². The Balaban J connectivity index is 1.74. The second-order valence-electron chi connectivity index (χ2n) is 4.79. The third-order valence-electron chi connectivity index (χ3n) is 3.35. The molecule has 1 aliphatic heterocycles. The van der Waals surface area contributed by atoms with Gasteiger partial charge in [-0.1, -0.05) is 0 Å². The maximum atomic E-state index is 12.3. The SMILES string of the molecule is CN(CC1CCCO1)C(=O)c1ccc2nonc2c1. The second-order valence-corrected chi connectivity index (χ2v) is 4.79. The van der Waals surface area contributed by atoms with Crippen LogP contribution in [0.25, 0.3) is 11.0 Å². The Morgan fingerprint density at radius 3 is 3.05 bits per heavy atom. The predicted octanol–water partition coefficient (Wildman–Crippen LogP) is 1.47. The Bertz CT molecular complexity index is 590. The average Bonchev–Trinajstić information content (AvgIpc) is 3.07. The first-order valence-corrected chi connectivity index (χ1v) is 6.33. The van der Waals surface area contributed by atoms with Gasteiger partial charge in [-0.15, -0.1) is 0 Å². The van der Waals surface area contributed by atoms with E-state index < -0.39 is 0 Å². The van der Waals surface area contributed by atoms with E-state index >= 15 is 0 Å². The molecule has 0 aliphatic carbocycles. The van der Waals surface area contributed by atoms with Crippen molar-refractivity contribution in [3.8, 4) is 0 Å². The van der Waals surface area contributed by atoms with Crippen molar-refractivity contribution in [1.29, 1.82) is 0 Å². The number of carbonyl (C=O) groups is 1. The van der Waals surface area contributed by atoms with Gasteiger partial charge in [0.25, 0.3) is 5.91 Å². The van der Waals surface area contributed by atoms with E-state index in [-0.39, 0.29) is 12.0 Å². The maximum Gasteiger partial charge on any atom is 0.253 e. The van der Waals surface area contributed by atoms with Crippen molar-refractivity contribution in [3.05, 3.63) is 23.8 Å². The Morgan fingerprint density at radius 1 is 1.42 bits per heavy atom. The van der Waals surface area contributed by atoms with Crippen molar-refractivity contribution >= 4 is 16.9 Å². The number of hydrogen-bond donors (Lipinski definition) is 0. The summed E-state index contributed by atoms with van der Waals surface area (Å²) in [6.45, 7) is 1.41. The molecule has 0 N–H and O–H groups in total. The maximum absolute atomic E-state index is 12.3. The third-order valence-corrected chi connectivity index (χ3v) is 3.35. The molecule has 2 aromatic rings. The van der Waals surface area contributed by atoms with Gasteiger partial charge in [0.2, 0.25) is 0 Å². The smallest absolute Gasteiger partial charge is 0.253 e. The van der Waals surface area contributed by atoms with E-state index in [1.54, 1.807) is 30.1 Å². The minimum Gasteiger partial charge on any atom is -0.376 e. The molecule has 1 amide bonds. The molecule has 0 radical (unpaired) electrons. The van der Waals surface area contributed by atoms with Crippen LogP contribution in [0, 0.1) is 0 Å². The molecular weight excluding hydrogens is 246 g/mol. The van der Waals surface area contributed by atoms with Crippen LogP contribution in [0.3, 0.4) is 0 Å². The summed E-state index contributed by atoms with van der Waals surface area (Å²) < 4.78 is 10.2. The van der Waals surface area contributed by atoms with Gasteiger partial charge in [0.15, 0.2) is 0 Å². The molecule has 6 heteroatoms. The van der Waals surface area contributed by atoms with Crippen LogP contribution in [0.2, 0.25) is 0 Å². The van der Waals surface area contributed by atoms with Gasteiger partial charge in [-0.25, -0.2) is 4.63 Å². The van der Waals surface area contributed by atoms with Crippen molar-refractivity contribution in [2.75, 3.05) is 20.2 Å². The van der Waals surface area contributed by atoms with Crippen LogP contribution in [0.5, 0.6) is 0 Å². The number of benzene rings is 1. The fraction of sp³-hybridized carbons (Fsp3) is 0.462. The van der Waals surface area contributed by atoms with Gasteiger partial charge in [0, 0.05) is 25.8 Å². The first-order valence-electron chi connectivity index (χ1n) is 6.33. The van der Waals surface area contributed by atoms with Crippen LogP contribution in [-0.2, 0) is 4.74 Å². The first-order chi connectivity index (χ1) is 9.24. The van der Waals surface area contributed by atoms with E-state index in [0.717, 1.165) is 19.4 Å². The van der Waals surface area contributed by atoms with Gasteiger partial charge in [-0.2, -0.15) is 0 Å². The molecule has 0 bridgehead atoms. The largest absolute Gasteiger partial charge is 0.376 e. The van der Waals surface area contributed by atoms with Crippen LogP contribution in [0.1, 0.15) is 23.2 Å². The zero-order chi connectivity index (χ0) is 13.2. The molecule has 2 heterocycles. The zero-order valence-corrected chi connectivity index (χ0v) is 10.7. The number of carbonyl (C=O) groups excluding carboxylic acids is 1. The van der Waals surface area contributed by atoms with E-state index in [4.69, 9.17) is 4.74 Å². The Hall–Kier alpha value is -1.95. The molecule has 1 unspecified atom stereocenters. The van der Waals surface area contributed by atoms with Crippen molar-refractivity contribution in [2.24, 2.45) is 0 Å². The highest BCUT2D eigenvalue weighted by Gasteiger charge is 2.21. The second kappa shape index (κ2) is 4.97. The highest BCUT2D eigenvalue weighted by Crippen LogP contribution is 2.16. The topological polar surface area (TPSA) is 68.5 Å². The van der Waals surface area contributed by atoms with E-state index in [2.05, 4.69) is 14.9 Å². The van der Waals surface area contributed by atoms with E-state index in [1.807, 2.05) is 0 Å². The summed E-state index contributed by atoms with van der Waals surface area (Å²) in [5.41, 5.74) is 1.83. The van der Waals surface area contributed by atoms with Crippen molar-refractivity contribution in [3.63, 3.8) is 0 Å². The Kier molecular flexibility index (Phi) is 3.16. The van der Waals surface area contributed by atoms with Gasteiger partial charge < -0.3 is 9.64 Å². The fourth-order valence-electron chi connectivity index (χ4n) is 2.31. The number of hydrogen-bond acceptors (Lipinski definition) is 5. The van der Waals surface area contributed by atoms with E-state index in [9.17, 15) is 4.79 Å². The minimum atomic E-state index is -0.0413. The molecule has 19 heavy (non-hydrogen) atoms. The van der Waals surface area contributed by atoms with E-state index in [1.165, 1.54) is 0 Å². The molecule has 1 aliphatic rings. The predicted molar refractivity (Wildman–Crippen MR) is 67.7 cm³/mol. The first kappa shape index (κ1) is 12.1. The van der Waals surface area contributed by atoms with Crippen molar-refractivity contribution in [1.82, 2.24) is 15.2 Å². The highest BCUT2D eigenvalue weighted by molar-refractivity contribution is 5.97. The number of fused-ring (bicyclic) bond motifs is 1. The van der Waals surface area contributed by atoms with Crippen LogP contribution < -0.4 is 0 Å². The third kappa shape index (κ3) is 2.44. The van der Waals surface area contributed by atoms with Crippen LogP contribution >= 0.6 is 0 Å². The summed E-state index contributed by atoms with van der Waals surface area (Å²) in [6.07, 6.45) is 2.25. The molecule has 1 aromatic heterocycles. The fourth-order valence-corrected chi connectivity index (χ4v) is 2.31. The highest BCUT2D eigenvalue weighted by atomic mass is 16.6. The lowest BCUT2D eigenvalue weighted by molar-refractivity contribution is 0.0587. The minimum absolute atomic E-state index is 0.0413. The summed E-state index contributed by atoms with van der Waals surface area (Å²) in [5, 5.41) is 7.46. The molecule has 6 nitrogen and oxygen atoms in total. The molecule has 1 fully saturated rings. The van der Waals surface area contributed by atoms with Crippen LogP contribution in [0.15, 0.2) is 22.8 Å². The average molecular weight is 261 g/mol. The summed E-state index contributed by atoms with van der Waals surface area (Å²) in [7, 11) is 1.79. The number of rotatable bonds is 3. The number of nitrogens with zero attached hydrogens (tertiary/aromatic N) is 3. The number of likely N-dealkylation sites (N-methyl/N-ethyl adjacent to an activating group) is 1. The molecule has 1 aromatic carbocycles. The monoisotopic (exact) mass is 261 g/mol. The lowest BCUT2D eigenvalue weighted by atomic mass is 10.1. The van der Waals surface area contributed by atoms with Gasteiger partial charge in [0.05, 0.1) is 6.10 Å². The number of amides is 1. The molecule has 1 saturated heterocycles. The Labute approximate surface area is 110 Å². The lowest BCUT2D eigenvalue weighted by Crippen LogP contribution is -2.34. The quantitative estimate of drug-likeness (QED) is 0.837.